The van der Waals surface area contributed by atoms with Crippen LogP contribution in [0.15, 0.2) is 30.3 Å². The molecule has 21 heavy (non-hydrogen) atoms. The van der Waals surface area contributed by atoms with Crippen LogP contribution in [0.4, 0.5) is 0 Å². The van der Waals surface area contributed by atoms with Gasteiger partial charge >= 0.3 is 5.97 Å². The average Bonchev–Trinajstić information content (AvgIpc) is 3.31. The summed E-state index contributed by atoms with van der Waals surface area (Å²) in [4.78, 5) is 17.5. The van der Waals surface area contributed by atoms with Crippen LogP contribution in [0.3, 0.4) is 0 Å². The van der Waals surface area contributed by atoms with Gasteiger partial charge in [-0.2, -0.15) is 0 Å². The topological polar surface area (TPSA) is 62.7 Å². The van der Waals surface area contributed by atoms with Gasteiger partial charge in [0.25, 0.3) is 0 Å². The SMILES string of the molecule is CN(CCOc1nc(C(=O)O)cc2ccccc12)C1CC1. The second-order valence-corrected chi connectivity index (χ2v) is 5.40. The zero-order valence-corrected chi connectivity index (χ0v) is 12.0. The lowest BCUT2D eigenvalue weighted by Gasteiger charge is -2.16. The Morgan fingerprint density at radius 2 is 2.19 bits per heavy atom. The lowest BCUT2D eigenvalue weighted by molar-refractivity contribution is 0.0689. The maximum Gasteiger partial charge on any atom is 0.354 e. The van der Waals surface area contributed by atoms with Crippen LogP contribution in [0, 0.1) is 0 Å². The number of benzene rings is 1. The van der Waals surface area contributed by atoms with E-state index in [2.05, 4.69) is 16.9 Å². The molecule has 1 aromatic carbocycles. The Morgan fingerprint density at radius 3 is 2.90 bits per heavy atom. The Balaban J connectivity index is 1.80. The molecule has 1 saturated carbocycles. The van der Waals surface area contributed by atoms with Crippen molar-refractivity contribution in [2.75, 3.05) is 20.2 Å². The minimum atomic E-state index is -1.04. The number of likely N-dealkylation sites (N-methyl/N-ethyl adjacent to an activating group) is 1. The van der Waals surface area contributed by atoms with E-state index < -0.39 is 5.97 Å². The van der Waals surface area contributed by atoms with E-state index >= 15 is 0 Å². The number of carboxylic acids is 1. The first-order valence-electron chi connectivity index (χ1n) is 7.11. The van der Waals surface area contributed by atoms with Crippen molar-refractivity contribution in [3.05, 3.63) is 36.0 Å². The Morgan fingerprint density at radius 1 is 1.43 bits per heavy atom. The highest BCUT2D eigenvalue weighted by Crippen LogP contribution is 2.26. The second-order valence-electron chi connectivity index (χ2n) is 5.40. The van der Waals surface area contributed by atoms with Gasteiger partial charge in [0.2, 0.25) is 5.88 Å². The van der Waals surface area contributed by atoms with Gasteiger partial charge in [0.05, 0.1) is 0 Å². The molecule has 0 spiro atoms. The van der Waals surface area contributed by atoms with E-state index in [9.17, 15) is 4.79 Å². The van der Waals surface area contributed by atoms with Crippen molar-refractivity contribution in [2.45, 2.75) is 18.9 Å². The number of rotatable bonds is 6. The summed E-state index contributed by atoms with van der Waals surface area (Å²) in [6, 6.07) is 9.79. The van der Waals surface area contributed by atoms with Gasteiger partial charge in [0.15, 0.2) is 5.69 Å². The van der Waals surface area contributed by atoms with Crippen molar-refractivity contribution in [3.63, 3.8) is 0 Å². The molecule has 0 saturated heterocycles. The van der Waals surface area contributed by atoms with Crippen molar-refractivity contribution in [1.82, 2.24) is 9.88 Å². The van der Waals surface area contributed by atoms with E-state index in [1.54, 1.807) is 6.07 Å². The van der Waals surface area contributed by atoms with E-state index in [0.717, 1.165) is 17.3 Å². The summed E-state index contributed by atoms with van der Waals surface area (Å²) in [6.45, 7) is 1.32. The van der Waals surface area contributed by atoms with E-state index in [-0.39, 0.29) is 5.69 Å². The Hall–Kier alpha value is -2.14. The standard InChI is InChI=1S/C16H18N2O3/c1-18(12-6-7-12)8-9-21-15-13-5-3-2-4-11(13)10-14(17-15)16(19)20/h2-5,10,12H,6-9H2,1H3,(H,19,20). The van der Waals surface area contributed by atoms with E-state index in [1.165, 1.54) is 12.8 Å². The molecule has 0 radical (unpaired) electrons. The summed E-state index contributed by atoms with van der Waals surface area (Å²) >= 11 is 0. The molecule has 1 fully saturated rings. The fraction of sp³-hybridized carbons (Fsp3) is 0.375. The third-order valence-corrected chi connectivity index (χ3v) is 3.78. The van der Waals surface area contributed by atoms with Gasteiger partial charge < -0.3 is 14.7 Å². The molecular formula is C16H18N2O3. The summed E-state index contributed by atoms with van der Waals surface area (Å²) in [7, 11) is 2.08. The first-order valence-corrected chi connectivity index (χ1v) is 7.11. The molecule has 0 unspecified atom stereocenters. The molecule has 0 atom stereocenters. The number of hydrogen-bond donors (Lipinski definition) is 1. The molecule has 3 rings (SSSR count). The predicted octanol–water partition coefficient (Wildman–Crippen LogP) is 2.41. The first kappa shape index (κ1) is 13.8. The van der Waals surface area contributed by atoms with Crippen LogP contribution >= 0.6 is 0 Å². The van der Waals surface area contributed by atoms with Gasteiger partial charge in [-0.3, -0.25) is 0 Å². The number of nitrogens with zero attached hydrogens (tertiary/aromatic N) is 2. The quantitative estimate of drug-likeness (QED) is 0.883. The van der Waals surface area contributed by atoms with Crippen molar-refractivity contribution < 1.29 is 14.6 Å². The molecule has 0 aliphatic heterocycles. The highest BCUT2D eigenvalue weighted by Gasteiger charge is 2.25. The molecular weight excluding hydrogens is 268 g/mol. The number of aromatic nitrogens is 1. The van der Waals surface area contributed by atoms with E-state index in [4.69, 9.17) is 9.84 Å². The lowest BCUT2D eigenvalue weighted by Crippen LogP contribution is -2.26. The monoisotopic (exact) mass is 286 g/mol. The summed E-state index contributed by atoms with van der Waals surface area (Å²) < 4.78 is 5.74. The number of carbonyl (C=O) groups is 1. The van der Waals surface area contributed by atoms with Gasteiger partial charge in [0, 0.05) is 18.0 Å². The predicted molar refractivity (Wildman–Crippen MR) is 79.8 cm³/mol. The first-order chi connectivity index (χ1) is 10.1. The molecule has 2 aromatic rings. The Kier molecular flexibility index (Phi) is 3.75. The number of hydrogen-bond acceptors (Lipinski definition) is 4. The molecule has 110 valence electrons. The number of aromatic carboxylic acids is 1. The number of pyridine rings is 1. The molecule has 1 aliphatic rings. The van der Waals surface area contributed by atoms with Gasteiger partial charge in [0.1, 0.15) is 6.61 Å². The zero-order chi connectivity index (χ0) is 14.8. The summed E-state index contributed by atoms with van der Waals surface area (Å²) in [6.07, 6.45) is 2.51. The van der Waals surface area contributed by atoms with Gasteiger partial charge in [-0.05, 0) is 37.4 Å². The molecule has 1 aromatic heterocycles. The molecule has 5 nitrogen and oxygen atoms in total. The Labute approximate surface area is 123 Å². The van der Waals surface area contributed by atoms with Crippen LogP contribution in [0.2, 0.25) is 0 Å². The van der Waals surface area contributed by atoms with Crippen LogP contribution in [-0.4, -0.2) is 47.2 Å². The van der Waals surface area contributed by atoms with Crippen molar-refractivity contribution in [2.24, 2.45) is 0 Å². The van der Waals surface area contributed by atoms with Crippen LogP contribution in [0.1, 0.15) is 23.3 Å². The van der Waals surface area contributed by atoms with Gasteiger partial charge in [-0.25, -0.2) is 9.78 Å². The van der Waals surface area contributed by atoms with Gasteiger partial charge in [-0.15, -0.1) is 0 Å². The molecule has 1 N–H and O–H groups in total. The largest absolute Gasteiger partial charge is 0.477 e. The number of ether oxygens (including phenoxy) is 1. The van der Waals surface area contributed by atoms with Crippen molar-refractivity contribution in [1.29, 1.82) is 0 Å². The second kappa shape index (κ2) is 5.69. The van der Waals surface area contributed by atoms with Crippen molar-refractivity contribution >= 4 is 16.7 Å². The van der Waals surface area contributed by atoms with Crippen molar-refractivity contribution in [3.8, 4) is 5.88 Å². The van der Waals surface area contributed by atoms with Crippen LogP contribution in [0.25, 0.3) is 10.8 Å². The van der Waals surface area contributed by atoms with E-state index in [0.29, 0.717) is 18.5 Å². The maximum absolute atomic E-state index is 11.2. The van der Waals surface area contributed by atoms with Crippen LogP contribution in [-0.2, 0) is 0 Å². The number of carboxylic acid groups (broad SMARTS) is 1. The zero-order valence-electron chi connectivity index (χ0n) is 12.0. The molecule has 0 bridgehead atoms. The molecule has 1 heterocycles. The lowest BCUT2D eigenvalue weighted by atomic mass is 10.1. The highest BCUT2D eigenvalue weighted by atomic mass is 16.5. The Bertz CT molecular complexity index is 668. The third kappa shape index (κ3) is 3.13. The fourth-order valence-corrected chi connectivity index (χ4v) is 2.37. The highest BCUT2D eigenvalue weighted by molar-refractivity contribution is 5.94. The molecule has 0 amide bonds. The maximum atomic E-state index is 11.2. The van der Waals surface area contributed by atoms with Crippen LogP contribution < -0.4 is 4.74 Å². The van der Waals surface area contributed by atoms with Gasteiger partial charge in [-0.1, -0.05) is 18.2 Å². The summed E-state index contributed by atoms with van der Waals surface area (Å²) in [5, 5.41) is 10.8. The molecule has 5 heteroatoms. The molecule has 1 aliphatic carbocycles. The normalized spacial score (nSPS) is 14.6. The smallest absolute Gasteiger partial charge is 0.354 e. The van der Waals surface area contributed by atoms with Crippen LogP contribution in [0.5, 0.6) is 5.88 Å². The minimum absolute atomic E-state index is 0.0132. The summed E-state index contributed by atoms with van der Waals surface area (Å²) in [5.41, 5.74) is 0.0132. The minimum Gasteiger partial charge on any atom is -0.477 e. The van der Waals surface area contributed by atoms with E-state index in [1.807, 2.05) is 24.3 Å². The third-order valence-electron chi connectivity index (χ3n) is 3.78. The summed E-state index contributed by atoms with van der Waals surface area (Å²) in [5.74, 6) is -0.643. The number of fused-ring (bicyclic) bond motifs is 1. The average molecular weight is 286 g/mol. The fourth-order valence-electron chi connectivity index (χ4n) is 2.37.